The lowest BCUT2D eigenvalue weighted by Crippen LogP contribution is -2.28. The lowest BCUT2D eigenvalue weighted by atomic mass is 10.6. The second kappa shape index (κ2) is 4.03. The maximum absolute atomic E-state index is 10.2. The van der Waals surface area contributed by atoms with Gasteiger partial charge >= 0.3 is 0 Å². The van der Waals surface area contributed by atoms with Gasteiger partial charge in [-0.05, 0) is 0 Å². The smallest absolute Gasteiger partial charge is 0.233 e. The maximum atomic E-state index is 10.2. The molecule has 0 aromatic heterocycles. The average Bonchev–Trinajstić information content (AvgIpc) is 1.68. The molecule has 3 N–H and O–H groups in total. The minimum atomic E-state index is -0.116. The quantitative estimate of drug-likeness (QED) is 0.454. The predicted octanol–water partition coefficient (Wildman–Crippen LogP) is -1.11. The van der Waals surface area contributed by atoms with Crippen LogP contribution in [0, 0.1) is 0 Å². The Morgan fingerprint density at radius 3 is 2.57 bits per heavy atom. The van der Waals surface area contributed by atoms with Crippen LogP contribution in [0.2, 0.25) is 0 Å². The lowest BCUT2D eigenvalue weighted by Gasteiger charge is -1.93. The minimum Gasteiger partial charge on any atom is -0.352 e. The van der Waals surface area contributed by atoms with Crippen LogP contribution in [-0.4, -0.2) is 18.7 Å². The van der Waals surface area contributed by atoms with Crippen molar-refractivity contribution in [3.8, 4) is 0 Å². The van der Waals surface area contributed by atoms with Gasteiger partial charge in [0.1, 0.15) is 0 Å². The summed E-state index contributed by atoms with van der Waals surface area (Å²) in [5.74, 6) is -0.116. The van der Waals surface area contributed by atoms with E-state index in [9.17, 15) is 4.79 Å². The summed E-state index contributed by atoms with van der Waals surface area (Å²) in [6.07, 6.45) is 0.579. The van der Waals surface area contributed by atoms with Crippen LogP contribution < -0.4 is 11.1 Å². The Hall–Kier alpha value is -0.140. The molecule has 1 unspecified atom stereocenters. The molecular formula is C3H9N2OP. The summed E-state index contributed by atoms with van der Waals surface area (Å²) in [7, 11) is 2.37. The normalized spacial score (nSPS) is 8.29. The van der Waals surface area contributed by atoms with Gasteiger partial charge in [0, 0.05) is 6.29 Å². The Labute approximate surface area is 44.9 Å². The van der Waals surface area contributed by atoms with Crippen LogP contribution in [0.1, 0.15) is 0 Å². The zero-order valence-electron chi connectivity index (χ0n) is 3.98. The van der Waals surface area contributed by atoms with Gasteiger partial charge in [0.25, 0.3) is 0 Å². The first kappa shape index (κ1) is 6.86. The van der Waals surface area contributed by atoms with Crippen LogP contribution in [0.15, 0.2) is 0 Å². The SMILES string of the molecule is NCC(=O)NCP. The van der Waals surface area contributed by atoms with Gasteiger partial charge in [-0.3, -0.25) is 4.79 Å². The van der Waals surface area contributed by atoms with Crippen LogP contribution in [0.4, 0.5) is 0 Å². The molecule has 1 amide bonds. The predicted molar refractivity (Wildman–Crippen MR) is 31.8 cm³/mol. The van der Waals surface area contributed by atoms with Gasteiger partial charge in [-0.2, -0.15) is 0 Å². The van der Waals surface area contributed by atoms with Gasteiger partial charge in [0.15, 0.2) is 0 Å². The molecule has 0 rings (SSSR count). The van der Waals surface area contributed by atoms with Crippen molar-refractivity contribution in [1.82, 2.24) is 5.32 Å². The second-order valence-electron chi connectivity index (χ2n) is 1.01. The van der Waals surface area contributed by atoms with Crippen molar-refractivity contribution in [3.63, 3.8) is 0 Å². The van der Waals surface area contributed by atoms with Crippen molar-refractivity contribution < 1.29 is 4.79 Å². The molecule has 0 saturated carbocycles. The van der Waals surface area contributed by atoms with Crippen LogP contribution in [-0.2, 0) is 4.79 Å². The van der Waals surface area contributed by atoms with E-state index in [1.54, 1.807) is 0 Å². The highest BCUT2D eigenvalue weighted by Gasteiger charge is 1.88. The molecule has 0 aromatic carbocycles. The molecule has 7 heavy (non-hydrogen) atoms. The third kappa shape index (κ3) is 3.70. The van der Waals surface area contributed by atoms with Gasteiger partial charge in [-0.15, -0.1) is 9.24 Å². The Morgan fingerprint density at radius 1 is 1.86 bits per heavy atom. The van der Waals surface area contributed by atoms with Crippen molar-refractivity contribution in [1.29, 1.82) is 0 Å². The zero-order chi connectivity index (χ0) is 5.70. The molecule has 42 valence electrons. The lowest BCUT2D eigenvalue weighted by molar-refractivity contribution is -0.119. The highest BCUT2D eigenvalue weighted by Crippen LogP contribution is 1.69. The molecule has 1 atom stereocenters. The number of rotatable bonds is 2. The van der Waals surface area contributed by atoms with E-state index in [-0.39, 0.29) is 12.5 Å². The molecule has 0 aliphatic rings. The van der Waals surface area contributed by atoms with Crippen LogP contribution in [0.25, 0.3) is 0 Å². The summed E-state index contributed by atoms with van der Waals surface area (Å²) in [6, 6.07) is 0. The van der Waals surface area contributed by atoms with Gasteiger partial charge in [-0.25, -0.2) is 0 Å². The molecule has 4 heteroatoms. The molecule has 0 aliphatic heterocycles. The number of nitrogens with one attached hydrogen (secondary N) is 1. The third-order valence-electron chi connectivity index (χ3n) is 0.485. The Balaban J connectivity index is 3.00. The first-order chi connectivity index (χ1) is 3.31. The Kier molecular flexibility index (Phi) is 3.95. The van der Waals surface area contributed by atoms with Crippen LogP contribution in [0.3, 0.4) is 0 Å². The molecule has 3 nitrogen and oxygen atoms in total. The first-order valence-corrected chi connectivity index (χ1v) is 2.79. The molecule has 0 saturated heterocycles. The van der Waals surface area contributed by atoms with E-state index in [0.29, 0.717) is 6.29 Å². The van der Waals surface area contributed by atoms with E-state index in [4.69, 9.17) is 5.73 Å². The molecule has 0 spiro atoms. The number of hydrogen-bond donors (Lipinski definition) is 2. The Bertz CT molecular complexity index is 66.0. The number of carbonyl (C=O) groups is 1. The summed E-state index contributed by atoms with van der Waals surface area (Å²) >= 11 is 0. The summed E-state index contributed by atoms with van der Waals surface area (Å²) in [5.41, 5.74) is 4.94. The molecule has 0 radical (unpaired) electrons. The third-order valence-corrected chi connectivity index (χ3v) is 0.689. The largest absolute Gasteiger partial charge is 0.352 e. The fraction of sp³-hybridized carbons (Fsp3) is 0.667. The van der Waals surface area contributed by atoms with E-state index in [0.717, 1.165) is 0 Å². The van der Waals surface area contributed by atoms with Crippen molar-refractivity contribution in [2.45, 2.75) is 0 Å². The van der Waals surface area contributed by atoms with Gasteiger partial charge in [-0.1, -0.05) is 0 Å². The number of amides is 1. The summed E-state index contributed by atoms with van der Waals surface area (Å²) in [5, 5.41) is 2.49. The average molecular weight is 120 g/mol. The number of nitrogens with two attached hydrogens (primary N) is 1. The first-order valence-electron chi connectivity index (χ1n) is 1.98. The highest BCUT2D eigenvalue weighted by molar-refractivity contribution is 7.16. The van der Waals surface area contributed by atoms with Crippen molar-refractivity contribution in [2.24, 2.45) is 5.73 Å². The molecular weight excluding hydrogens is 111 g/mol. The van der Waals surface area contributed by atoms with Crippen molar-refractivity contribution >= 4 is 15.1 Å². The van der Waals surface area contributed by atoms with E-state index in [1.807, 2.05) is 0 Å². The number of carbonyl (C=O) groups excluding carboxylic acids is 1. The molecule has 0 heterocycles. The van der Waals surface area contributed by atoms with Crippen molar-refractivity contribution in [2.75, 3.05) is 12.8 Å². The zero-order valence-corrected chi connectivity index (χ0v) is 5.13. The minimum absolute atomic E-state index is 0.0778. The van der Waals surface area contributed by atoms with E-state index in [2.05, 4.69) is 14.6 Å². The van der Waals surface area contributed by atoms with E-state index >= 15 is 0 Å². The summed E-state index contributed by atoms with van der Waals surface area (Å²) in [4.78, 5) is 10.2. The second-order valence-corrected chi connectivity index (χ2v) is 1.42. The number of hydrogen-bond acceptors (Lipinski definition) is 2. The maximum Gasteiger partial charge on any atom is 0.233 e. The van der Waals surface area contributed by atoms with Gasteiger partial charge in [0.05, 0.1) is 6.54 Å². The van der Waals surface area contributed by atoms with Crippen LogP contribution in [0.5, 0.6) is 0 Å². The molecule has 0 bridgehead atoms. The standard InChI is InChI=1S/C3H9N2OP/c4-1-3(6)5-2-7/h1-2,4,7H2,(H,5,6). The molecule has 0 fully saturated rings. The fourth-order valence-corrected chi connectivity index (χ4v) is 0.414. The summed E-state index contributed by atoms with van der Waals surface area (Å²) in [6.45, 7) is 0.0778. The molecule has 0 aliphatic carbocycles. The van der Waals surface area contributed by atoms with Gasteiger partial charge < -0.3 is 11.1 Å². The van der Waals surface area contributed by atoms with E-state index < -0.39 is 0 Å². The highest BCUT2D eigenvalue weighted by atomic mass is 31.0. The van der Waals surface area contributed by atoms with Crippen molar-refractivity contribution in [3.05, 3.63) is 0 Å². The Morgan fingerprint density at radius 2 is 2.43 bits per heavy atom. The summed E-state index contributed by atoms with van der Waals surface area (Å²) < 4.78 is 0. The molecule has 0 aromatic rings. The van der Waals surface area contributed by atoms with Gasteiger partial charge in [0.2, 0.25) is 5.91 Å². The topological polar surface area (TPSA) is 55.1 Å². The van der Waals surface area contributed by atoms with Crippen LogP contribution >= 0.6 is 9.24 Å². The van der Waals surface area contributed by atoms with E-state index in [1.165, 1.54) is 0 Å². The fourth-order valence-electron chi connectivity index (χ4n) is 0.186. The monoisotopic (exact) mass is 120 g/mol.